The van der Waals surface area contributed by atoms with Gasteiger partial charge in [-0.1, -0.05) is 12.8 Å². The quantitative estimate of drug-likeness (QED) is 0.812. The van der Waals surface area contributed by atoms with Crippen LogP contribution in [0.25, 0.3) is 0 Å². The highest BCUT2D eigenvalue weighted by Gasteiger charge is 2.44. The third-order valence-corrected chi connectivity index (χ3v) is 4.43. The van der Waals surface area contributed by atoms with Crippen LogP contribution in [-0.4, -0.2) is 61.4 Å². The summed E-state index contributed by atoms with van der Waals surface area (Å²) in [6, 6.07) is 0. The normalized spacial score (nSPS) is 25.6. The predicted molar refractivity (Wildman–Crippen MR) is 71.3 cm³/mol. The first kappa shape index (κ1) is 15.3. The number of amides is 1. The van der Waals surface area contributed by atoms with Crippen LogP contribution in [0, 0.1) is 5.41 Å². The fourth-order valence-corrected chi connectivity index (χ4v) is 3.24. The van der Waals surface area contributed by atoms with Crippen molar-refractivity contribution >= 4 is 11.9 Å². The molecule has 2 aliphatic rings. The van der Waals surface area contributed by atoms with Gasteiger partial charge >= 0.3 is 5.97 Å². The van der Waals surface area contributed by atoms with Crippen molar-refractivity contribution in [3.63, 3.8) is 0 Å². The summed E-state index contributed by atoms with van der Waals surface area (Å²) in [5.74, 6) is -0.915. The Kier molecular flexibility index (Phi) is 4.99. The maximum atomic E-state index is 12.8. The molecule has 6 nitrogen and oxygen atoms in total. The van der Waals surface area contributed by atoms with Gasteiger partial charge < -0.3 is 19.5 Å². The third-order valence-electron chi connectivity index (χ3n) is 4.43. The van der Waals surface area contributed by atoms with Gasteiger partial charge in [0.05, 0.1) is 18.6 Å². The van der Waals surface area contributed by atoms with E-state index >= 15 is 0 Å². The molecular weight excluding hydrogens is 262 g/mol. The summed E-state index contributed by atoms with van der Waals surface area (Å²) >= 11 is 0. The number of methoxy groups -OCH3 is 1. The summed E-state index contributed by atoms with van der Waals surface area (Å²) in [7, 11) is 1.64. The van der Waals surface area contributed by atoms with Gasteiger partial charge in [0.15, 0.2) is 6.10 Å². The van der Waals surface area contributed by atoms with Gasteiger partial charge in [-0.2, -0.15) is 0 Å². The Morgan fingerprint density at radius 1 is 1.40 bits per heavy atom. The molecule has 1 unspecified atom stereocenters. The number of morpholine rings is 1. The smallest absolute Gasteiger partial charge is 0.334 e. The van der Waals surface area contributed by atoms with Gasteiger partial charge in [-0.05, 0) is 19.3 Å². The molecule has 0 radical (unpaired) electrons. The number of hydrogen-bond donors (Lipinski definition) is 1. The van der Waals surface area contributed by atoms with E-state index in [4.69, 9.17) is 14.6 Å². The molecule has 20 heavy (non-hydrogen) atoms. The number of carbonyl (C=O) groups is 2. The molecule has 1 heterocycles. The predicted octanol–water partition coefficient (Wildman–Crippen LogP) is 0.895. The van der Waals surface area contributed by atoms with Crippen molar-refractivity contribution in [2.75, 3.05) is 33.4 Å². The summed E-state index contributed by atoms with van der Waals surface area (Å²) in [5.41, 5.74) is -0.351. The second-order valence-electron chi connectivity index (χ2n) is 5.68. The molecule has 0 spiro atoms. The summed E-state index contributed by atoms with van der Waals surface area (Å²) in [6.07, 6.45) is 3.70. The van der Waals surface area contributed by atoms with Gasteiger partial charge in [-0.15, -0.1) is 0 Å². The van der Waals surface area contributed by atoms with Crippen LogP contribution in [0.1, 0.15) is 32.1 Å². The van der Waals surface area contributed by atoms with Crippen LogP contribution in [0.15, 0.2) is 0 Å². The molecule has 2 rings (SSSR count). The minimum Gasteiger partial charge on any atom is -0.479 e. The Morgan fingerprint density at radius 2 is 2.10 bits per heavy atom. The molecule has 0 aromatic rings. The van der Waals surface area contributed by atoms with Crippen LogP contribution in [-0.2, 0) is 19.1 Å². The number of carboxylic acids is 1. The molecule has 6 heteroatoms. The summed E-state index contributed by atoms with van der Waals surface area (Å²) in [5, 5.41) is 9.03. The molecule has 0 aromatic carbocycles. The van der Waals surface area contributed by atoms with E-state index in [1.54, 1.807) is 12.0 Å². The highest BCUT2D eigenvalue weighted by molar-refractivity contribution is 5.84. The van der Waals surface area contributed by atoms with Crippen LogP contribution >= 0.6 is 0 Å². The van der Waals surface area contributed by atoms with E-state index in [2.05, 4.69) is 0 Å². The second kappa shape index (κ2) is 6.54. The van der Waals surface area contributed by atoms with Crippen molar-refractivity contribution < 1.29 is 24.2 Å². The van der Waals surface area contributed by atoms with Crippen molar-refractivity contribution in [1.29, 1.82) is 0 Å². The van der Waals surface area contributed by atoms with Crippen molar-refractivity contribution in [2.24, 2.45) is 5.41 Å². The van der Waals surface area contributed by atoms with Crippen LogP contribution in [0.5, 0.6) is 0 Å². The molecule has 1 amide bonds. The lowest BCUT2D eigenvalue weighted by Crippen LogP contribution is -2.53. The first-order chi connectivity index (χ1) is 9.59. The first-order valence-corrected chi connectivity index (χ1v) is 7.22. The number of hydrogen-bond acceptors (Lipinski definition) is 4. The standard InChI is InChI=1S/C14H23NO5/c1-19-8-6-14(4-2-3-5-14)13(18)15-7-9-20-11(10-15)12(16)17/h11H,2-10H2,1H3,(H,16,17). The zero-order valence-electron chi connectivity index (χ0n) is 12.0. The molecule has 0 aromatic heterocycles. The number of ether oxygens (including phenoxy) is 2. The van der Waals surface area contributed by atoms with Gasteiger partial charge in [0.1, 0.15) is 0 Å². The van der Waals surface area contributed by atoms with Crippen LogP contribution in [0.4, 0.5) is 0 Å². The zero-order valence-corrected chi connectivity index (χ0v) is 12.0. The summed E-state index contributed by atoms with van der Waals surface area (Å²) in [4.78, 5) is 25.5. The maximum absolute atomic E-state index is 12.8. The largest absolute Gasteiger partial charge is 0.479 e. The molecule has 1 N–H and O–H groups in total. The van der Waals surface area contributed by atoms with E-state index in [9.17, 15) is 9.59 Å². The number of nitrogens with zero attached hydrogens (tertiary/aromatic N) is 1. The average molecular weight is 285 g/mol. The second-order valence-corrected chi connectivity index (χ2v) is 5.68. The maximum Gasteiger partial charge on any atom is 0.334 e. The Hall–Kier alpha value is -1.14. The average Bonchev–Trinajstić information content (AvgIpc) is 2.94. The van der Waals surface area contributed by atoms with E-state index in [0.29, 0.717) is 19.8 Å². The van der Waals surface area contributed by atoms with Gasteiger partial charge in [-0.25, -0.2) is 4.79 Å². The zero-order chi connectivity index (χ0) is 14.6. The van der Waals surface area contributed by atoms with E-state index in [-0.39, 0.29) is 17.9 Å². The van der Waals surface area contributed by atoms with Crippen molar-refractivity contribution in [2.45, 2.75) is 38.2 Å². The number of aliphatic carboxylic acids is 1. The van der Waals surface area contributed by atoms with E-state index in [1.165, 1.54) is 0 Å². The van der Waals surface area contributed by atoms with Gasteiger partial charge in [0, 0.05) is 20.3 Å². The molecule has 1 aliphatic carbocycles. The lowest BCUT2D eigenvalue weighted by molar-refractivity contribution is -0.163. The first-order valence-electron chi connectivity index (χ1n) is 7.22. The number of carbonyl (C=O) groups excluding carboxylic acids is 1. The molecule has 1 atom stereocenters. The van der Waals surface area contributed by atoms with Crippen LogP contribution in [0.2, 0.25) is 0 Å². The topological polar surface area (TPSA) is 76.1 Å². The number of rotatable bonds is 5. The molecule has 1 saturated carbocycles. The molecule has 1 saturated heterocycles. The molecule has 0 bridgehead atoms. The van der Waals surface area contributed by atoms with Crippen LogP contribution in [0.3, 0.4) is 0 Å². The Morgan fingerprint density at radius 3 is 2.70 bits per heavy atom. The summed E-state index contributed by atoms with van der Waals surface area (Å²) in [6.45, 7) is 1.50. The SMILES string of the molecule is COCCC1(C(=O)N2CCOC(C(=O)O)C2)CCCC1. The van der Waals surface area contributed by atoms with Crippen LogP contribution < -0.4 is 0 Å². The fourth-order valence-electron chi connectivity index (χ4n) is 3.24. The number of carboxylic acid groups (broad SMARTS) is 1. The molecule has 1 aliphatic heterocycles. The lowest BCUT2D eigenvalue weighted by atomic mass is 9.81. The Bertz CT molecular complexity index is 365. The fraction of sp³-hybridized carbons (Fsp3) is 0.857. The third kappa shape index (κ3) is 3.12. The monoisotopic (exact) mass is 285 g/mol. The van der Waals surface area contributed by atoms with E-state index in [0.717, 1.165) is 32.1 Å². The van der Waals surface area contributed by atoms with Crippen molar-refractivity contribution in [1.82, 2.24) is 4.90 Å². The van der Waals surface area contributed by atoms with Gasteiger partial charge in [0.25, 0.3) is 0 Å². The minimum atomic E-state index is -1.00. The van der Waals surface area contributed by atoms with E-state index < -0.39 is 12.1 Å². The van der Waals surface area contributed by atoms with Gasteiger partial charge in [-0.3, -0.25) is 4.79 Å². The highest BCUT2D eigenvalue weighted by Crippen LogP contribution is 2.43. The molecular formula is C14H23NO5. The van der Waals surface area contributed by atoms with Gasteiger partial charge in [0.2, 0.25) is 5.91 Å². The lowest BCUT2D eigenvalue weighted by Gasteiger charge is -2.38. The Labute approximate surface area is 119 Å². The molecule has 114 valence electrons. The van der Waals surface area contributed by atoms with Crippen molar-refractivity contribution in [3.8, 4) is 0 Å². The van der Waals surface area contributed by atoms with E-state index in [1.807, 2.05) is 0 Å². The van der Waals surface area contributed by atoms with Crippen molar-refractivity contribution in [3.05, 3.63) is 0 Å². The Balaban J connectivity index is 2.05. The molecule has 2 fully saturated rings. The summed E-state index contributed by atoms with van der Waals surface area (Å²) < 4.78 is 10.3. The minimum absolute atomic E-state index is 0.0848. The highest BCUT2D eigenvalue weighted by atomic mass is 16.5.